The Morgan fingerprint density at radius 1 is 0.690 bits per heavy atom. The number of hydrogen-bond acceptors (Lipinski definition) is 0. The molecule has 8 aliphatic carbocycles. The van der Waals surface area contributed by atoms with Crippen molar-refractivity contribution in [2.45, 2.75) is 84.0 Å². The van der Waals surface area contributed by atoms with Crippen molar-refractivity contribution in [2.75, 3.05) is 0 Å². The van der Waals surface area contributed by atoms with Crippen LogP contribution in [0.15, 0.2) is 18.2 Å². The minimum atomic E-state index is 0.527. The number of aryl methyl sites for hydroxylation is 1. The first kappa shape index (κ1) is 18.0. The van der Waals surface area contributed by atoms with Crippen molar-refractivity contribution >= 4 is 11.6 Å². The minimum Gasteiger partial charge on any atom is -0.0817 e. The van der Waals surface area contributed by atoms with Crippen LogP contribution < -0.4 is 0 Å². The van der Waals surface area contributed by atoms with Crippen LogP contribution in [0.25, 0.3) is 0 Å². The molecule has 154 valence electrons. The van der Waals surface area contributed by atoms with Gasteiger partial charge in [-0.25, -0.2) is 0 Å². The lowest BCUT2D eigenvalue weighted by atomic mass is 9.37. The van der Waals surface area contributed by atoms with Gasteiger partial charge in [0.2, 0.25) is 0 Å². The Morgan fingerprint density at radius 3 is 1.41 bits per heavy atom. The molecule has 0 atom stereocenters. The zero-order valence-corrected chi connectivity index (χ0v) is 18.8. The normalized spacial score (nSPS) is 49.0. The van der Waals surface area contributed by atoms with Crippen molar-refractivity contribution < 1.29 is 0 Å². The Morgan fingerprint density at radius 2 is 1.07 bits per heavy atom. The van der Waals surface area contributed by atoms with E-state index in [1.807, 2.05) is 5.92 Å². The van der Waals surface area contributed by atoms with Gasteiger partial charge in [-0.3, -0.25) is 0 Å². The van der Waals surface area contributed by atoms with Crippen LogP contribution in [0.4, 0.5) is 0 Å². The van der Waals surface area contributed by atoms with Crippen LogP contribution in [-0.2, 0) is 0 Å². The van der Waals surface area contributed by atoms with E-state index in [2.05, 4.69) is 25.1 Å². The van der Waals surface area contributed by atoms with Crippen molar-refractivity contribution in [3.63, 3.8) is 0 Å². The van der Waals surface area contributed by atoms with E-state index in [0.717, 1.165) is 40.5 Å². The fourth-order valence-corrected chi connectivity index (χ4v) is 11.1. The first-order valence-corrected chi connectivity index (χ1v) is 13.0. The molecule has 0 heterocycles. The predicted molar refractivity (Wildman–Crippen MR) is 120 cm³/mol. The number of benzene rings is 1. The molecule has 1 aromatic rings. The van der Waals surface area contributed by atoms with E-state index in [4.69, 9.17) is 11.6 Å². The van der Waals surface area contributed by atoms with Gasteiger partial charge in [0.05, 0.1) is 10.6 Å². The molecule has 0 unspecified atom stereocenters. The number of halogens is 1. The molecule has 9 rings (SSSR count). The molecule has 8 fully saturated rings. The predicted octanol–water partition coefficient (Wildman–Crippen LogP) is 8.00. The van der Waals surface area contributed by atoms with Gasteiger partial charge in [-0.2, -0.15) is 0 Å². The van der Waals surface area contributed by atoms with Gasteiger partial charge >= 0.3 is 0 Å². The van der Waals surface area contributed by atoms with Crippen LogP contribution in [0.2, 0.25) is 5.02 Å². The second kappa shape index (κ2) is 5.99. The molecule has 0 nitrogen and oxygen atoms in total. The maximum atomic E-state index is 6.45. The first-order valence-electron chi connectivity index (χ1n) is 12.6. The molecule has 29 heavy (non-hydrogen) atoms. The molecule has 8 bridgehead atoms. The molecule has 1 aromatic carbocycles. The fraction of sp³-hybridized carbons (Fsp3) is 0.750. The van der Waals surface area contributed by atoms with Gasteiger partial charge in [0.1, 0.15) is 5.56 Å². The van der Waals surface area contributed by atoms with Crippen LogP contribution in [0.3, 0.4) is 0 Å². The molecule has 0 aliphatic heterocycles. The summed E-state index contributed by atoms with van der Waals surface area (Å²) in [6, 6.07) is 6.91. The third kappa shape index (κ3) is 2.60. The smallest absolute Gasteiger partial charge is 0.0817 e. The summed E-state index contributed by atoms with van der Waals surface area (Å²) >= 11 is 6.45. The highest BCUT2D eigenvalue weighted by atomic mass is 35.5. The highest BCUT2D eigenvalue weighted by Gasteiger charge is 2.66. The summed E-state index contributed by atoms with van der Waals surface area (Å²) < 4.78 is 0. The first-order chi connectivity index (χ1) is 14.0. The SMILES string of the molecule is Cc1cc(Cl)ccc1[C+](C12CC3CC(CC(C3)C1)C2)C12CC3CC(CC(C3)C1)C2. The van der Waals surface area contributed by atoms with E-state index in [1.165, 1.54) is 44.1 Å². The second-order valence-corrected chi connectivity index (χ2v) is 13.2. The lowest BCUT2D eigenvalue weighted by Crippen LogP contribution is -2.57. The van der Waals surface area contributed by atoms with Crippen molar-refractivity contribution in [1.82, 2.24) is 0 Å². The lowest BCUT2D eigenvalue weighted by Gasteiger charge is -2.64. The van der Waals surface area contributed by atoms with Gasteiger partial charge in [0, 0.05) is 41.9 Å². The molecular weight excluding hydrogens is 372 g/mol. The lowest BCUT2D eigenvalue weighted by molar-refractivity contribution is -0.0989. The molecule has 0 saturated heterocycles. The van der Waals surface area contributed by atoms with Crippen molar-refractivity contribution in [3.05, 3.63) is 40.3 Å². The fourth-order valence-electron chi connectivity index (χ4n) is 10.9. The maximum absolute atomic E-state index is 6.45. The number of rotatable bonds is 3. The van der Waals surface area contributed by atoms with Gasteiger partial charge in [-0.05, 0) is 113 Å². The van der Waals surface area contributed by atoms with Crippen LogP contribution in [0.5, 0.6) is 0 Å². The quantitative estimate of drug-likeness (QED) is 0.445. The van der Waals surface area contributed by atoms with Gasteiger partial charge in [-0.15, -0.1) is 0 Å². The molecule has 8 saturated carbocycles. The monoisotopic (exact) mass is 407 g/mol. The molecule has 0 N–H and O–H groups in total. The Kier molecular flexibility index (Phi) is 3.72. The molecule has 0 spiro atoms. The Labute approximate surface area is 182 Å². The van der Waals surface area contributed by atoms with E-state index >= 15 is 0 Å². The van der Waals surface area contributed by atoms with Crippen LogP contribution in [0.1, 0.15) is 88.2 Å². The molecule has 8 aliphatic rings. The van der Waals surface area contributed by atoms with Gasteiger partial charge in [-0.1, -0.05) is 11.6 Å². The van der Waals surface area contributed by atoms with Crippen molar-refractivity contribution in [2.24, 2.45) is 46.3 Å². The van der Waals surface area contributed by atoms with Gasteiger partial charge < -0.3 is 0 Å². The third-order valence-electron chi connectivity index (χ3n) is 10.6. The van der Waals surface area contributed by atoms with Crippen LogP contribution >= 0.6 is 11.6 Å². The summed E-state index contributed by atoms with van der Waals surface area (Å²) in [6.45, 7) is 2.35. The molecular formula is C28H36Cl+. The summed E-state index contributed by atoms with van der Waals surface area (Å²) in [5.41, 5.74) is 4.15. The highest BCUT2D eigenvalue weighted by Crippen LogP contribution is 2.73. The minimum absolute atomic E-state index is 0.527. The molecule has 0 radical (unpaired) electrons. The van der Waals surface area contributed by atoms with E-state index in [0.29, 0.717) is 10.8 Å². The average Bonchev–Trinajstić information content (AvgIpc) is 2.61. The zero-order valence-electron chi connectivity index (χ0n) is 18.1. The molecule has 0 amide bonds. The van der Waals surface area contributed by atoms with Crippen LogP contribution in [-0.4, -0.2) is 0 Å². The van der Waals surface area contributed by atoms with Crippen LogP contribution in [0, 0.1) is 59.2 Å². The van der Waals surface area contributed by atoms with E-state index in [9.17, 15) is 0 Å². The summed E-state index contributed by atoms with van der Waals surface area (Å²) in [5.74, 6) is 8.14. The topological polar surface area (TPSA) is 0 Å². The summed E-state index contributed by atoms with van der Waals surface area (Å²) in [6.07, 6.45) is 18.4. The Bertz CT molecular complexity index is 720. The maximum Gasteiger partial charge on any atom is 0.136 e. The van der Waals surface area contributed by atoms with Crippen molar-refractivity contribution in [1.29, 1.82) is 0 Å². The third-order valence-corrected chi connectivity index (χ3v) is 10.8. The van der Waals surface area contributed by atoms with E-state index in [1.54, 1.807) is 44.1 Å². The van der Waals surface area contributed by atoms with Crippen molar-refractivity contribution in [3.8, 4) is 0 Å². The van der Waals surface area contributed by atoms with E-state index in [-0.39, 0.29) is 0 Å². The Balaban J connectivity index is 1.39. The highest BCUT2D eigenvalue weighted by molar-refractivity contribution is 6.30. The average molecular weight is 408 g/mol. The number of hydrogen-bond donors (Lipinski definition) is 0. The summed E-state index contributed by atoms with van der Waals surface area (Å²) in [5, 5.41) is 0.918. The largest absolute Gasteiger partial charge is 0.136 e. The Hall–Kier alpha value is -0.620. The van der Waals surface area contributed by atoms with Gasteiger partial charge in [0.25, 0.3) is 0 Å². The summed E-state index contributed by atoms with van der Waals surface area (Å²) in [7, 11) is 0. The standard InChI is InChI=1S/C28H36Cl/c1-17-4-24(29)2-3-25(17)26(27-11-18-5-19(12-27)7-20(6-18)13-27)28-14-21-8-22(15-28)10-23(9-21)16-28/h2-4,18-23H,5-16H2,1H3/q+1. The molecule has 1 heteroatoms. The summed E-state index contributed by atoms with van der Waals surface area (Å²) in [4.78, 5) is 0. The molecule has 0 aromatic heterocycles. The zero-order chi connectivity index (χ0) is 19.4. The van der Waals surface area contributed by atoms with E-state index < -0.39 is 0 Å². The second-order valence-electron chi connectivity index (χ2n) is 12.7. The van der Waals surface area contributed by atoms with Gasteiger partial charge in [0.15, 0.2) is 0 Å².